The van der Waals surface area contributed by atoms with E-state index in [1.54, 1.807) is 18.2 Å². The average molecular weight is 219 g/mol. The summed E-state index contributed by atoms with van der Waals surface area (Å²) in [6.45, 7) is 0. The summed E-state index contributed by atoms with van der Waals surface area (Å²) < 4.78 is 31.3. The van der Waals surface area contributed by atoms with Gasteiger partial charge in [0.25, 0.3) is 0 Å². The minimum atomic E-state index is -4.16. The molecule has 4 nitrogen and oxygen atoms in total. The van der Waals surface area contributed by atoms with Crippen molar-refractivity contribution in [2.24, 2.45) is 0 Å². The standard InChI is InChI=1S/C7H9NO3S2/c1-12-7-4-2-3-6(5-7)8-13(9,10)11/h2-5,8H,1H3,(H,9,10,11). The number of benzene rings is 1. The van der Waals surface area contributed by atoms with Gasteiger partial charge in [-0.2, -0.15) is 8.42 Å². The molecule has 0 amide bonds. The first-order chi connectivity index (χ1) is 6.01. The number of rotatable bonds is 3. The third-order valence-corrected chi connectivity index (χ3v) is 2.54. The molecular formula is C7H9NO3S2. The highest BCUT2D eigenvalue weighted by atomic mass is 32.2. The normalized spacial score (nSPS) is 11.2. The molecule has 6 heteroatoms. The van der Waals surface area contributed by atoms with Crippen LogP contribution in [0.15, 0.2) is 29.2 Å². The second kappa shape index (κ2) is 3.99. The van der Waals surface area contributed by atoms with E-state index < -0.39 is 10.3 Å². The van der Waals surface area contributed by atoms with Gasteiger partial charge in [-0.25, -0.2) is 0 Å². The number of thioether (sulfide) groups is 1. The fraction of sp³-hybridized carbons (Fsp3) is 0.143. The molecule has 1 aromatic carbocycles. The SMILES string of the molecule is CSc1cccc(NS(=O)(=O)O)c1. The molecule has 0 atom stereocenters. The molecular weight excluding hydrogens is 210 g/mol. The summed E-state index contributed by atoms with van der Waals surface area (Å²) in [4.78, 5) is 0.925. The third kappa shape index (κ3) is 3.67. The second-order valence-corrected chi connectivity index (χ2v) is 4.34. The average Bonchev–Trinajstić information content (AvgIpc) is 2.01. The fourth-order valence-electron chi connectivity index (χ4n) is 0.835. The van der Waals surface area contributed by atoms with Crippen LogP contribution in [0.4, 0.5) is 5.69 Å². The number of nitrogens with one attached hydrogen (secondary N) is 1. The Kier molecular flexibility index (Phi) is 3.18. The molecule has 0 unspecified atom stereocenters. The largest absolute Gasteiger partial charge is 0.357 e. The summed E-state index contributed by atoms with van der Waals surface area (Å²) in [5.41, 5.74) is 0.356. The van der Waals surface area contributed by atoms with Gasteiger partial charge in [0, 0.05) is 4.90 Å². The van der Waals surface area contributed by atoms with Gasteiger partial charge in [-0.1, -0.05) is 6.07 Å². The smallest absolute Gasteiger partial charge is 0.269 e. The van der Waals surface area contributed by atoms with Crippen LogP contribution in [0.25, 0.3) is 0 Å². The van der Waals surface area contributed by atoms with Crippen molar-refractivity contribution < 1.29 is 13.0 Å². The van der Waals surface area contributed by atoms with Crippen LogP contribution < -0.4 is 4.72 Å². The summed E-state index contributed by atoms with van der Waals surface area (Å²) in [5.74, 6) is 0. The maximum atomic E-state index is 10.4. The van der Waals surface area contributed by atoms with E-state index in [1.165, 1.54) is 11.8 Å². The molecule has 0 saturated carbocycles. The Balaban J connectivity index is 2.90. The van der Waals surface area contributed by atoms with E-state index in [2.05, 4.69) is 0 Å². The lowest BCUT2D eigenvalue weighted by Crippen LogP contribution is -2.10. The van der Waals surface area contributed by atoms with Gasteiger partial charge in [-0.05, 0) is 24.5 Å². The number of anilines is 1. The zero-order valence-electron chi connectivity index (χ0n) is 6.89. The summed E-state index contributed by atoms with van der Waals surface area (Å²) in [5, 5.41) is 0. The molecule has 0 spiro atoms. The number of hydrogen-bond acceptors (Lipinski definition) is 3. The Morgan fingerprint density at radius 1 is 1.46 bits per heavy atom. The Morgan fingerprint density at radius 3 is 2.69 bits per heavy atom. The predicted molar refractivity (Wildman–Crippen MR) is 53.4 cm³/mol. The van der Waals surface area contributed by atoms with Crippen LogP contribution in [-0.2, 0) is 10.3 Å². The van der Waals surface area contributed by atoms with E-state index in [4.69, 9.17) is 4.55 Å². The first-order valence-corrected chi connectivity index (χ1v) is 6.07. The van der Waals surface area contributed by atoms with Gasteiger partial charge in [0.15, 0.2) is 0 Å². The maximum absolute atomic E-state index is 10.4. The van der Waals surface area contributed by atoms with Crippen LogP contribution in [0.2, 0.25) is 0 Å². The molecule has 1 aromatic rings. The number of hydrogen-bond donors (Lipinski definition) is 2. The highest BCUT2D eigenvalue weighted by Crippen LogP contribution is 2.19. The summed E-state index contributed by atoms with van der Waals surface area (Å²) in [6, 6.07) is 6.76. The van der Waals surface area contributed by atoms with Crippen molar-refractivity contribution in [3.63, 3.8) is 0 Å². The molecule has 72 valence electrons. The van der Waals surface area contributed by atoms with Gasteiger partial charge >= 0.3 is 10.3 Å². The second-order valence-electron chi connectivity index (χ2n) is 2.31. The molecule has 0 saturated heterocycles. The highest BCUT2D eigenvalue weighted by Gasteiger charge is 2.03. The molecule has 0 aliphatic carbocycles. The lowest BCUT2D eigenvalue weighted by Gasteiger charge is -2.03. The van der Waals surface area contributed by atoms with Gasteiger partial charge in [-0.15, -0.1) is 11.8 Å². The monoisotopic (exact) mass is 219 g/mol. The molecule has 0 fully saturated rings. The molecule has 2 N–H and O–H groups in total. The molecule has 0 radical (unpaired) electrons. The van der Waals surface area contributed by atoms with Crippen molar-refractivity contribution in [1.82, 2.24) is 0 Å². The lowest BCUT2D eigenvalue weighted by molar-refractivity contribution is 0.489. The predicted octanol–water partition coefficient (Wildman–Crippen LogP) is 1.62. The van der Waals surface area contributed by atoms with Crippen LogP contribution in [0, 0.1) is 0 Å². The Hall–Kier alpha value is -0.720. The van der Waals surface area contributed by atoms with E-state index in [9.17, 15) is 8.42 Å². The van der Waals surface area contributed by atoms with Gasteiger partial charge in [0.1, 0.15) is 0 Å². The van der Waals surface area contributed by atoms with Crippen LogP contribution in [0.3, 0.4) is 0 Å². The fourth-order valence-corrected chi connectivity index (χ4v) is 1.72. The van der Waals surface area contributed by atoms with E-state index in [1.807, 2.05) is 17.0 Å². The van der Waals surface area contributed by atoms with Gasteiger partial charge in [-0.3, -0.25) is 9.27 Å². The van der Waals surface area contributed by atoms with E-state index >= 15 is 0 Å². The minimum Gasteiger partial charge on any atom is -0.269 e. The van der Waals surface area contributed by atoms with E-state index in [-0.39, 0.29) is 0 Å². The van der Waals surface area contributed by atoms with Crippen molar-refractivity contribution in [3.8, 4) is 0 Å². The van der Waals surface area contributed by atoms with Crippen molar-refractivity contribution in [1.29, 1.82) is 0 Å². The van der Waals surface area contributed by atoms with Crippen molar-refractivity contribution >= 4 is 27.8 Å². The highest BCUT2D eigenvalue weighted by molar-refractivity contribution is 7.98. The van der Waals surface area contributed by atoms with E-state index in [0.29, 0.717) is 5.69 Å². The van der Waals surface area contributed by atoms with Gasteiger partial charge < -0.3 is 0 Å². The Bertz CT molecular complexity index is 388. The summed E-state index contributed by atoms with van der Waals surface area (Å²) in [7, 11) is -4.16. The van der Waals surface area contributed by atoms with E-state index in [0.717, 1.165) is 4.90 Å². The van der Waals surface area contributed by atoms with Crippen molar-refractivity contribution in [2.45, 2.75) is 4.90 Å². The van der Waals surface area contributed by atoms with Crippen molar-refractivity contribution in [2.75, 3.05) is 11.0 Å². The Labute approximate surface area is 81.2 Å². The molecule has 0 heterocycles. The molecule has 0 aliphatic rings. The molecule has 0 aromatic heterocycles. The van der Waals surface area contributed by atoms with Crippen molar-refractivity contribution in [3.05, 3.63) is 24.3 Å². The zero-order chi connectivity index (χ0) is 9.90. The Morgan fingerprint density at radius 2 is 2.15 bits per heavy atom. The van der Waals surface area contributed by atoms with Crippen LogP contribution in [0.1, 0.15) is 0 Å². The first kappa shape index (κ1) is 10.4. The minimum absolute atomic E-state index is 0.356. The molecule has 1 rings (SSSR count). The molecule has 0 bridgehead atoms. The van der Waals surface area contributed by atoms with Crippen LogP contribution >= 0.6 is 11.8 Å². The summed E-state index contributed by atoms with van der Waals surface area (Å²) >= 11 is 1.49. The first-order valence-electron chi connectivity index (χ1n) is 3.40. The van der Waals surface area contributed by atoms with Gasteiger partial charge in [0.2, 0.25) is 0 Å². The zero-order valence-corrected chi connectivity index (χ0v) is 8.52. The lowest BCUT2D eigenvalue weighted by atomic mass is 10.3. The summed E-state index contributed by atoms with van der Waals surface area (Å²) in [6.07, 6.45) is 1.88. The van der Waals surface area contributed by atoms with Crippen LogP contribution in [-0.4, -0.2) is 19.2 Å². The quantitative estimate of drug-likeness (QED) is 0.599. The third-order valence-electron chi connectivity index (χ3n) is 1.32. The topological polar surface area (TPSA) is 66.4 Å². The van der Waals surface area contributed by atoms with Gasteiger partial charge in [0.05, 0.1) is 5.69 Å². The van der Waals surface area contributed by atoms with Crippen LogP contribution in [0.5, 0.6) is 0 Å². The molecule has 13 heavy (non-hydrogen) atoms. The maximum Gasteiger partial charge on any atom is 0.357 e. The molecule has 0 aliphatic heterocycles.